The number of rotatable bonds is 3. The number of fused-ring (bicyclic) bond motifs is 1. The van der Waals surface area contributed by atoms with Crippen molar-refractivity contribution in [1.29, 1.82) is 0 Å². The fraction of sp³-hybridized carbons (Fsp3) is 0.0588. The number of benzene rings is 2. The Hall–Kier alpha value is -2.68. The molecule has 0 saturated heterocycles. The van der Waals surface area contributed by atoms with Crippen molar-refractivity contribution in [3.63, 3.8) is 0 Å². The Morgan fingerprint density at radius 2 is 1.95 bits per heavy atom. The summed E-state index contributed by atoms with van der Waals surface area (Å²) >= 11 is 0. The van der Waals surface area contributed by atoms with Gasteiger partial charge in [0, 0.05) is 29.7 Å². The van der Waals surface area contributed by atoms with Gasteiger partial charge < -0.3 is 5.11 Å². The summed E-state index contributed by atoms with van der Waals surface area (Å²) in [6, 6.07) is 15.4. The Kier molecular flexibility index (Phi) is 3.42. The number of aliphatic imine (C=N–C) groups is 1. The topological polar surface area (TPSA) is 45.5 Å². The van der Waals surface area contributed by atoms with Crippen LogP contribution in [0.4, 0.5) is 0 Å². The summed E-state index contributed by atoms with van der Waals surface area (Å²) in [6.07, 6.45) is 5.26. The third-order valence-corrected chi connectivity index (χ3v) is 3.19. The van der Waals surface area contributed by atoms with E-state index >= 15 is 0 Å². The number of nitrogens with zero attached hydrogens (tertiary/aromatic N) is 2. The highest BCUT2D eigenvalue weighted by Gasteiger charge is 2.05. The van der Waals surface area contributed by atoms with Gasteiger partial charge in [0.1, 0.15) is 5.75 Å². The number of pyridine rings is 1. The number of hydrogen-bond donors (Lipinski definition) is 1. The van der Waals surface area contributed by atoms with E-state index in [4.69, 9.17) is 0 Å². The maximum atomic E-state index is 10.0. The van der Waals surface area contributed by atoms with Gasteiger partial charge in [0.25, 0.3) is 0 Å². The highest BCUT2D eigenvalue weighted by Crippen LogP contribution is 2.27. The van der Waals surface area contributed by atoms with Gasteiger partial charge in [-0.3, -0.25) is 9.98 Å². The first-order valence-corrected chi connectivity index (χ1v) is 6.44. The summed E-state index contributed by atoms with van der Waals surface area (Å²) in [5.41, 5.74) is 1.80. The molecule has 3 rings (SSSR count). The molecule has 0 aliphatic heterocycles. The zero-order chi connectivity index (χ0) is 13.8. The molecule has 0 saturated carbocycles. The maximum Gasteiger partial charge on any atom is 0.121 e. The van der Waals surface area contributed by atoms with Crippen LogP contribution < -0.4 is 0 Å². The van der Waals surface area contributed by atoms with Crippen molar-refractivity contribution in [2.24, 2.45) is 4.99 Å². The van der Waals surface area contributed by atoms with E-state index < -0.39 is 0 Å². The van der Waals surface area contributed by atoms with E-state index in [9.17, 15) is 5.11 Å². The zero-order valence-electron chi connectivity index (χ0n) is 10.9. The molecule has 1 aromatic heterocycles. The van der Waals surface area contributed by atoms with E-state index in [1.807, 2.05) is 42.5 Å². The molecule has 0 unspecified atom stereocenters. The van der Waals surface area contributed by atoms with E-state index in [2.05, 4.69) is 9.98 Å². The van der Waals surface area contributed by atoms with Crippen molar-refractivity contribution >= 4 is 17.0 Å². The molecule has 2 aromatic carbocycles. The number of aromatic nitrogens is 1. The Bertz CT molecular complexity index is 751. The SMILES string of the molecule is Oc1ccc2ccccc2c1CN=Cc1cccnc1. The summed E-state index contributed by atoms with van der Waals surface area (Å²) in [4.78, 5) is 8.43. The van der Waals surface area contributed by atoms with Crippen molar-refractivity contribution in [3.8, 4) is 5.75 Å². The molecular weight excluding hydrogens is 248 g/mol. The first-order valence-electron chi connectivity index (χ1n) is 6.44. The van der Waals surface area contributed by atoms with E-state index in [-0.39, 0.29) is 5.75 Å². The number of phenolic OH excluding ortho intramolecular Hbond substituents is 1. The molecule has 3 nitrogen and oxygen atoms in total. The van der Waals surface area contributed by atoms with Gasteiger partial charge in [-0.25, -0.2) is 0 Å². The van der Waals surface area contributed by atoms with E-state index in [1.165, 1.54) is 0 Å². The highest BCUT2D eigenvalue weighted by molar-refractivity contribution is 5.88. The highest BCUT2D eigenvalue weighted by atomic mass is 16.3. The molecule has 0 fully saturated rings. The summed E-state index contributed by atoms with van der Waals surface area (Å²) in [5, 5.41) is 12.2. The van der Waals surface area contributed by atoms with Gasteiger partial charge in [-0.05, 0) is 22.9 Å². The molecule has 0 atom stereocenters. The predicted molar refractivity (Wildman–Crippen MR) is 81.1 cm³/mol. The van der Waals surface area contributed by atoms with Crippen LogP contribution in [0.25, 0.3) is 10.8 Å². The van der Waals surface area contributed by atoms with Gasteiger partial charge in [-0.1, -0.05) is 36.4 Å². The standard InChI is InChI=1S/C17H14N2O/c20-17-8-7-14-5-1-2-6-15(14)16(17)12-19-11-13-4-3-9-18-10-13/h1-11,20H,12H2. The van der Waals surface area contributed by atoms with Crippen molar-refractivity contribution in [1.82, 2.24) is 4.98 Å². The van der Waals surface area contributed by atoms with Crippen molar-refractivity contribution in [3.05, 3.63) is 72.1 Å². The minimum Gasteiger partial charge on any atom is -0.508 e. The zero-order valence-corrected chi connectivity index (χ0v) is 10.9. The first-order chi connectivity index (χ1) is 9.84. The summed E-state index contributed by atoms with van der Waals surface area (Å²) in [7, 11) is 0. The average molecular weight is 262 g/mol. The Labute approximate surface area is 117 Å². The molecule has 20 heavy (non-hydrogen) atoms. The molecule has 1 heterocycles. The molecule has 0 spiro atoms. The first kappa shape index (κ1) is 12.4. The minimum atomic E-state index is 0.284. The lowest BCUT2D eigenvalue weighted by molar-refractivity contribution is 0.470. The molecule has 0 aliphatic carbocycles. The fourth-order valence-corrected chi connectivity index (χ4v) is 2.19. The van der Waals surface area contributed by atoms with Crippen LogP contribution in [0.15, 0.2) is 65.9 Å². The van der Waals surface area contributed by atoms with Crippen molar-refractivity contribution in [2.75, 3.05) is 0 Å². The van der Waals surface area contributed by atoms with Gasteiger partial charge in [-0.2, -0.15) is 0 Å². The normalized spacial score (nSPS) is 11.2. The monoisotopic (exact) mass is 262 g/mol. The fourth-order valence-electron chi connectivity index (χ4n) is 2.19. The van der Waals surface area contributed by atoms with Crippen LogP contribution in [0.2, 0.25) is 0 Å². The van der Waals surface area contributed by atoms with E-state index in [0.717, 1.165) is 21.9 Å². The molecule has 3 heteroatoms. The van der Waals surface area contributed by atoms with Gasteiger partial charge >= 0.3 is 0 Å². The molecule has 0 bridgehead atoms. The third kappa shape index (κ3) is 2.52. The molecule has 98 valence electrons. The van der Waals surface area contributed by atoms with Crippen LogP contribution in [0.1, 0.15) is 11.1 Å². The second kappa shape index (κ2) is 5.53. The summed E-state index contributed by atoms with van der Waals surface area (Å²) in [6.45, 7) is 0.447. The van der Waals surface area contributed by atoms with Gasteiger partial charge in [0.2, 0.25) is 0 Å². The van der Waals surface area contributed by atoms with Crippen LogP contribution in [0.5, 0.6) is 5.75 Å². The Morgan fingerprint density at radius 1 is 1.05 bits per heavy atom. The number of phenols is 1. The average Bonchev–Trinajstić information content (AvgIpc) is 2.50. The van der Waals surface area contributed by atoms with Gasteiger partial charge in [0.05, 0.1) is 6.54 Å². The van der Waals surface area contributed by atoms with E-state index in [1.54, 1.807) is 24.7 Å². The number of hydrogen-bond acceptors (Lipinski definition) is 3. The Balaban J connectivity index is 1.91. The lowest BCUT2D eigenvalue weighted by Crippen LogP contribution is -1.88. The largest absolute Gasteiger partial charge is 0.508 e. The second-order valence-corrected chi connectivity index (χ2v) is 4.54. The maximum absolute atomic E-state index is 10.0. The van der Waals surface area contributed by atoms with Crippen LogP contribution in [-0.2, 0) is 6.54 Å². The lowest BCUT2D eigenvalue weighted by atomic mass is 10.0. The third-order valence-electron chi connectivity index (χ3n) is 3.19. The van der Waals surface area contributed by atoms with Crippen LogP contribution in [0.3, 0.4) is 0 Å². The molecule has 1 N–H and O–H groups in total. The smallest absolute Gasteiger partial charge is 0.121 e. The quantitative estimate of drug-likeness (QED) is 0.733. The molecule has 3 aromatic rings. The van der Waals surface area contributed by atoms with Gasteiger partial charge in [-0.15, -0.1) is 0 Å². The Morgan fingerprint density at radius 3 is 2.80 bits per heavy atom. The number of aromatic hydroxyl groups is 1. The van der Waals surface area contributed by atoms with Crippen molar-refractivity contribution in [2.45, 2.75) is 6.54 Å². The van der Waals surface area contributed by atoms with E-state index in [0.29, 0.717) is 6.54 Å². The van der Waals surface area contributed by atoms with Gasteiger partial charge in [0.15, 0.2) is 0 Å². The predicted octanol–water partition coefficient (Wildman–Crippen LogP) is 3.56. The minimum absolute atomic E-state index is 0.284. The lowest BCUT2D eigenvalue weighted by Gasteiger charge is -2.06. The summed E-state index contributed by atoms with van der Waals surface area (Å²) < 4.78 is 0. The molecule has 0 aliphatic rings. The molecule has 0 radical (unpaired) electrons. The summed E-state index contributed by atoms with van der Waals surface area (Å²) in [5.74, 6) is 0.284. The van der Waals surface area contributed by atoms with Crippen LogP contribution in [-0.4, -0.2) is 16.3 Å². The molecule has 0 amide bonds. The molecular formula is C17H14N2O. The van der Waals surface area contributed by atoms with Crippen LogP contribution in [0, 0.1) is 0 Å². The van der Waals surface area contributed by atoms with Crippen LogP contribution >= 0.6 is 0 Å². The van der Waals surface area contributed by atoms with Crippen molar-refractivity contribution < 1.29 is 5.11 Å². The second-order valence-electron chi connectivity index (χ2n) is 4.54.